The molecule has 1 fully saturated rings. The summed E-state index contributed by atoms with van der Waals surface area (Å²) in [6.45, 7) is 5.52. The van der Waals surface area contributed by atoms with Crippen molar-refractivity contribution in [1.29, 1.82) is 0 Å². The maximum atomic E-state index is 14.8. The molecule has 3 aromatic rings. The van der Waals surface area contributed by atoms with E-state index in [2.05, 4.69) is 27.0 Å². The third kappa shape index (κ3) is 6.74. The van der Waals surface area contributed by atoms with Crippen molar-refractivity contribution in [3.8, 4) is 22.6 Å². The van der Waals surface area contributed by atoms with Crippen LogP contribution in [0.5, 0.6) is 0 Å². The minimum atomic E-state index is -4.64. The average molecular weight is 508 g/mol. The van der Waals surface area contributed by atoms with Gasteiger partial charge in [0.1, 0.15) is 17.6 Å². The summed E-state index contributed by atoms with van der Waals surface area (Å²) in [5, 5.41) is 21.6. The van der Waals surface area contributed by atoms with Crippen molar-refractivity contribution in [2.24, 2.45) is 0 Å². The lowest BCUT2D eigenvalue weighted by molar-refractivity contribution is 0.0308. The van der Waals surface area contributed by atoms with Gasteiger partial charge in [0.15, 0.2) is 0 Å². The second-order valence-electron chi connectivity index (χ2n) is 7.23. The first kappa shape index (κ1) is 26.1. The summed E-state index contributed by atoms with van der Waals surface area (Å²) < 4.78 is 28.9. The molecule has 0 aliphatic carbocycles. The molecule has 1 aliphatic heterocycles. The summed E-state index contributed by atoms with van der Waals surface area (Å²) in [5.41, 5.74) is 1.74. The number of cyclic esters (lactones) is 1. The SMILES string of the molecule is C=Cn1nnc(-c2ccc(-c3ccc(N4CC(C(O)CC)OC4=O)cc3F)cn2)n1.O=P(O)(O)O. The fraction of sp³-hybridized carbons (Fsp3) is 0.250. The van der Waals surface area contributed by atoms with Crippen molar-refractivity contribution in [3.63, 3.8) is 0 Å². The molecule has 2 aromatic heterocycles. The largest absolute Gasteiger partial charge is 0.466 e. The zero-order chi connectivity index (χ0) is 25.8. The summed E-state index contributed by atoms with van der Waals surface area (Å²) in [6, 6.07) is 7.84. The Kier molecular flexibility index (Phi) is 8.04. The quantitative estimate of drug-likeness (QED) is 0.356. The molecule has 4 rings (SSSR count). The summed E-state index contributed by atoms with van der Waals surface area (Å²) in [5.74, 6) is -0.182. The topological polar surface area (TPSA) is 184 Å². The molecule has 1 aromatic carbocycles. The molecule has 4 N–H and O–H groups in total. The molecule has 1 aliphatic rings. The molecule has 1 amide bonds. The molecule has 0 radical (unpaired) electrons. The number of aliphatic hydroxyl groups is 1. The van der Waals surface area contributed by atoms with E-state index in [0.717, 1.165) is 0 Å². The van der Waals surface area contributed by atoms with Crippen LogP contribution in [-0.2, 0) is 9.30 Å². The van der Waals surface area contributed by atoms with E-state index >= 15 is 0 Å². The van der Waals surface area contributed by atoms with Gasteiger partial charge in [-0.05, 0) is 35.9 Å². The van der Waals surface area contributed by atoms with Gasteiger partial charge < -0.3 is 24.5 Å². The molecule has 2 atom stereocenters. The number of carbonyl (C=O) groups is 1. The Morgan fingerprint density at radius 2 is 2.03 bits per heavy atom. The number of amides is 1. The number of hydrogen-bond donors (Lipinski definition) is 4. The molecule has 2 unspecified atom stereocenters. The van der Waals surface area contributed by atoms with Crippen molar-refractivity contribution < 1.29 is 38.3 Å². The third-order valence-corrected chi connectivity index (χ3v) is 4.84. The number of pyridine rings is 1. The van der Waals surface area contributed by atoms with Gasteiger partial charge in [0.2, 0.25) is 5.82 Å². The molecule has 3 heterocycles. The predicted molar refractivity (Wildman–Crippen MR) is 121 cm³/mol. The van der Waals surface area contributed by atoms with Crippen LogP contribution in [0.1, 0.15) is 13.3 Å². The van der Waals surface area contributed by atoms with Crippen molar-refractivity contribution in [2.75, 3.05) is 11.4 Å². The number of nitrogens with zero attached hydrogens (tertiary/aromatic N) is 6. The Bertz CT molecular complexity index is 1240. The van der Waals surface area contributed by atoms with Gasteiger partial charge in [-0.3, -0.25) is 9.88 Å². The van der Waals surface area contributed by atoms with Crippen LogP contribution in [0.15, 0.2) is 43.1 Å². The van der Waals surface area contributed by atoms with Gasteiger partial charge in [-0.25, -0.2) is 13.8 Å². The summed E-state index contributed by atoms with van der Waals surface area (Å²) >= 11 is 0. The number of phosphoric acid groups is 1. The number of carbonyl (C=O) groups excluding carboxylic acids is 1. The highest BCUT2D eigenvalue weighted by atomic mass is 31.2. The summed E-state index contributed by atoms with van der Waals surface area (Å²) in [6.07, 6.45) is 1.39. The van der Waals surface area contributed by atoms with Gasteiger partial charge in [-0.1, -0.05) is 19.6 Å². The highest BCUT2D eigenvalue weighted by Gasteiger charge is 2.36. The molecule has 0 bridgehead atoms. The number of aliphatic hydroxyl groups excluding tert-OH is 1. The Hall–Kier alpha value is -3.55. The number of rotatable bonds is 6. The maximum Gasteiger partial charge on any atom is 0.466 e. The normalized spacial score (nSPS) is 16.3. The van der Waals surface area contributed by atoms with Crippen LogP contribution in [0.4, 0.5) is 14.9 Å². The van der Waals surface area contributed by atoms with Gasteiger partial charge in [-0.15, -0.1) is 15.0 Å². The molecule has 15 heteroatoms. The van der Waals surface area contributed by atoms with Crippen molar-refractivity contribution in [1.82, 2.24) is 25.2 Å². The maximum absolute atomic E-state index is 14.8. The molecule has 13 nitrogen and oxygen atoms in total. The van der Waals surface area contributed by atoms with Crippen LogP contribution in [-0.4, -0.2) is 69.8 Å². The molecular formula is C20H22FN6O7P. The first-order chi connectivity index (χ1) is 16.5. The standard InChI is InChI=1S/C20H19FN6O3.H3O4P/c1-3-17(28)18-11-26(20(29)30-18)13-6-7-14(15(21)9-13)12-5-8-16(22-10-12)19-23-25-27(4-2)24-19;1-5(2,3)4/h4-10,17-18,28H,2-3,11H2,1H3;(H3,1,2,3,4). The smallest absolute Gasteiger partial charge is 0.441 e. The van der Waals surface area contributed by atoms with Gasteiger partial charge in [0.25, 0.3) is 0 Å². The van der Waals surface area contributed by atoms with Crippen LogP contribution >= 0.6 is 7.82 Å². The molecule has 0 spiro atoms. The minimum Gasteiger partial charge on any atom is -0.441 e. The van der Waals surface area contributed by atoms with E-state index < -0.39 is 31.9 Å². The van der Waals surface area contributed by atoms with Crippen LogP contribution < -0.4 is 4.90 Å². The van der Waals surface area contributed by atoms with Crippen LogP contribution in [0.3, 0.4) is 0 Å². The van der Waals surface area contributed by atoms with Gasteiger partial charge >= 0.3 is 13.9 Å². The lowest BCUT2D eigenvalue weighted by atomic mass is 10.1. The van der Waals surface area contributed by atoms with Crippen LogP contribution in [0.2, 0.25) is 0 Å². The second-order valence-corrected chi connectivity index (χ2v) is 8.26. The van der Waals surface area contributed by atoms with E-state index in [1.54, 1.807) is 31.2 Å². The highest BCUT2D eigenvalue weighted by molar-refractivity contribution is 7.45. The number of halogens is 1. The number of hydrogen-bond acceptors (Lipinski definition) is 8. The molecule has 0 saturated carbocycles. The van der Waals surface area contributed by atoms with E-state index in [4.69, 9.17) is 24.0 Å². The monoisotopic (exact) mass is 508 g/mol. The Morgan fingerprint density at radius 1 is 1.31 bits per heavy atom. The van der Waals surface area contributed by atoms with Crippen molar-refractivity contribution >= 4 is 25.8 Å². The lowest BCUT2D eigenvalue weighted by Crippen LogP contribution is -2.30. The van der Waals surface area contributed by atoms with Crippen molar-refractivity contribution in [2.45, 2.75) is 25.6 Å². The average Bonchev–Trinajstić information content (AvgIpc) is 3.44. The lowest BCUT2D eigenvalue weighted by Gasteiger charge is -2.16. The fourth-order valence-electron chi connectivity index (χ4n) is 3.16. The number of ether oxygens (including phenoxy) is 1. The van der Waals surface area contributed by atoms with Gasteiger partial charge in [0, 0.05) is 23.5 Å². The second kappa shape index (κ2) is 10.8. The van der Waals surface area contributed by atoms with E-state index in [1.165, 1.54) is 28.2 Å². The first-order valence-corrected chi connectivity index (χ1v) is 11.7. The molecule has 186 valence electrons. The first-order valence-electron chi connectivity index (χ1n) is 10.1. The Balaban J connectivity index is 0.000000623. The Morgan fingerprint density at radius 3 is 2.57 bits per heavy atom. The summed E-state index contributed by atoms with van der Waals surface area (Å²) in [4.78, 5) is 40.5. The number of tetrazole rings is 1. The predicted octanol–water partition coefficient (Wildman–Crippen LogP) is 1.81. The molecular weight excluding hydrogens is 486 g/mol. The zero-order valence-corrected chi connectivity index (χ0v) is 19.2. The molecule has 35 heavy (non-hydrogen) atoms. The van der Waals surface area contributed by atoms with E-state index in [9.17, 15) is 14.3 Å². The van der Waals surface area contributed by atoms with Gasteiger partial charge in [0.05, 0.1) is 18.3 Å². The minimum absolute atomic E-state index is 0.168. The number of aromatic nitrogens is 5. The van der Waals surface area contributed by atoms with Crippen molar-refractivity contribution in [3.05, 3.63) is 48.9 Å². The Labute approximate surface area is 198 Å². The number of benzene rings is 1. The fourth-order valence-corrected chi connectivity index (χ4v) is 3.16. The highest BCUT2D eigenvalue weighted by Crippen LogP contribution is 2.30. The van der Waals surface area contributed by atoms with Gasteiger partial charge in [-0.2, -0.15) is 0 Å². The van der Waals surface area contributed by atoms with E-state index in [1.807, 2.05) is 0 Å². The van der Waals surface area contributed by atoms with Crippen LogP contribution in [0, 0.1) is 5.82 Å². The summed E-state index contributed by atoms with van der Waals surface area (Å²) in [7, 11) is -4.64. The van der Waals surface area contributed by atoms with E-state index in [-0.39, 0.29) is 6.54 Å². The van der Waals surface area contributed by atoms with E-state index in [0.29, 0.717) is 34.8 Å². The number of anilines is 1. The third-order valence-electron chi connectivity index (χ3n) is 4.84. The van der Waals surface area contributed by atoms with Crippen LogP contribution in [0.25, 0.3) is 28.8 Å². The zero-order valence-electron chi connectivity index (χ0n) is 18.3. The molecule has 1 saturated heterocycles.